The molecule has 1 aliphatic carbocycles. The number of aromatic nitrogens is 2. The first-order valence-electron chi connectivity index (χ1n) is 7.29. The van der Waals surface area contributed by atoms with Crippen molar-refractivity contribution in [3.05, 3.63) is 24.3 Å². The fourth-order valence-corrected chi connectivity index (χ4v) is 2.95. The Morgan fingerprint density at radius 3 is 2.50 bits per heavy atom. The molecule has 0 aromatic carbocycles. The monoisotopic (exact) mass is 247 g/mol. The molecule has 1 heterocycles. The lowest BCUT2D eigenvalue weighted by Gasteiger charge is -2.33. The van der Waals surface area contributed by atoms with Gasteiger partial charge in [-0.15, -0.1) is 0 Å². The van der Waals surface area contributed by atoms with Gasteiger partial charge in [0.05, 0.1) is 0 Å². The van der Waals surface area contributed by atoms with Gasteiger partial charge < -0.3 is 5.32 Å². The van der Waals surface area contributed by atoms with Crippen LogP contribution in [0.1, 0.15) is 57.6 Å². The summed E-state index contributed by atoms with van der Waals surface area (Å²) < 4.78 is 0. The number of hydrogen-bond donors (Lipinski definition) is 1. The molecule has 1 aromatic rings. The van der Waals surface area contributed by atoms with Gasteiger partial charge in [-0.3, -0.25) is 0 Å². The zero-order valence-electron chi connectivity index (χ0n) is 11.6. The molecule has 18 heavy (non-hydrogen) atoms. The lowest BCUT2D eigenvalue weighted by atomic mass is 9.77. The molecule has 2 rings (SSSR count). The maximum absolute atomic E-state index is 4.17. The van der Waals surface area contributed by atoms with E-state index in [1.54, 1.807) is 6.33 Å². The van der Waals surface area contributed by atoms with E-state index in [9.17, 15) is 0 Å². The first-order valence-corrected chi connectivity index (χ1v) is 7.29. The summed E-state index contributed by atoms with van der Waals surface area (Å²) >= 11 is 0. The van der Waals surface area contributed by atoms with Crippen LogP contribution in [0.25, 0.3) is 0 Å². The van der Waals surface area contributed by atoms with E-state index in [4.69, 9.17) is 0 Å². The maximum atomic E-state index is 4.17. The summed E-state index contributed by atoms with van der Waals surface area (Å²) in [6.45, 7) is 5.66. The highest BCUT2D eigenvalue weighted by molar-refractivity contribution is 5.11. The molecule has 1 unspecified atom stereocenters. The molecule has 1 fully saturated rings. The van der Waals surface area contributed by atoms with Gasteiger partial charge >= 0.3 is 0 Å². The molecule has 0 bridgehead atoms. The highest BCUT2D eigenvalue weighted by atomic mass is 14.9. The fourth-order valence-electron chi connectivity index (χ4n) is 2.95. The minimum Gasteiger partial charge on any atom is -0.310 e. The van der Waals surface area contributed by atoms with E-state index in [0.717, 1.165) is 18.4 Å². The third-order valence-electron chi connectivity index (χ3n) is 4.09. The Kier molecular flexibility index (Phi) is 5.12. The van der Waals surface area contributed by atoms with Gasteiger partial charge in [-0.1, -0.05) is 26.7 Å². The average Bonchev–Trinajstić information content (AvgIpc) is 2.42. The predicted octanol–water partition coefficient (Wildman–Crippen LogP) is 3.34. The van der Waals surface area contributed by atoms with Crippen molar-refractivity contribution in [2.45, 2.75) is 52.0 Å². The molecule has 0 saturated heterocycles. The van der Waals surface area contributed by atoms with Gasteiger partial charge in [0.2, 0.25) is 0 Å². The summed E-state index contributed by atoms with van der Waals surface area (Å²) in [5.74, 6) is 1.65. The number of nitrogens with one attached hydrogen (secondary N) is 1. The third kappa shape index (κ3) is 3.52. The molecule has 0 aliphatic heterocycles. The molecule has 1 atom stereocenters. The molecular weight excluding hydrogens is 222 g/mol. The van der Waals surface area contributed by atoms with E-state index in [2.05, 4.69) is 29.1 Å². The molecule has 0 amide bonds. The summed E-state index contributed by atoms with van der Waals surface area (Å²) in [5, 5.41) is 3.69. The van der Waals surface area contributed by atoms with Crippen LogP contribution in [0.3, 0.4) is 0 Å². The lowest BCUT2D eigenvalue weighted by Crippen LogP contribution is -2.31. The van der Waals surface area contributed by atoms with Crippen molar-refractivity contribution in [3.63, 3.8) is 0 Å². The second-order valence-electron chi connectivity index (χ2n) is 5.62. The van der Waals surface area contributed by atoms with Crippen molar-refractivity contribution in [2.75, 3.05) is 6.54 Å². The first-order chi connectivity index (χ1) is 8.81. The molecule has 100 valence electrons. The lowest BCUT2D eigenvalue weighted by molar-refractivity contribution is 0.231. The van der Waals surface area contributed by atoms with Crippen molar-refractivity contribution in [1.29, 1.82) is 0 Å². The van der Waals surface area contributed by atoms with Crippen molar-refractivity contribution >= 4 is 0 Å². The van der Waals surface area contributed by atoms with E-state index in [1.807, 2.05) is 12.4 Å². The zero-order valence-corrected chi connectivity index (χ0v) is 11.6. The van der Waals surface area contributed by atoms with Crippen LogP contribution in [0.2, 0.25) is 0 Å². The molecule has 1 N–H and O–H groups in total. The molecular formula is C15H25N3. The quantitative estimate of drug-likeness (QED) is 0.867. The van der Waals surface area contributed by atoms with E-state index in [-0.39, 0.29) is 0 Å². The Morgan fingerprint density at radius 1 is 1.22 bits per heavy atom. The highest BCUT2D eigenvalue weighted by Crippen LogP contribution is 2.36. The molecule has 3 heteroatoms. The summed E-state index contributed by atoms with van der Waals surface area (Å²) in [4.78, 5) is 8.34. The minimum atomic E-state index is 0.443. The summed E-state index contributed by atoms with van der Waals surface area (Å²) in [7, 11) is 0. The molecule has 3 nitrogen and oxygen atoms in total. The van der Waals surface area contributed by atoms with E-state index < -0.39 is 0 Å². The van der Waals surface area contributed by atoms with E-state index in [1.165, 1.54) is 37.7 Å². The Morgan fingerprint density at radius 2 is 1.89 bits per heavy atom. The smallest absolute Gasteiger partial charge is 0.115 e. The van der Waals surface area contributed by atoms with Crippen LogP contribution >= 0.6 is 0 Å². The van der Waals surface area contributed by atoms with Crippen LogP contribution < -0.4 is 5.32 Å². The van der Waals surface area contributed by atoms with Crippen LogP contribution in [0, 0.1) is 11.8 Å². The van der Waals surface area contributed by atoms with Crippen LogP contribution in [-0.2, 0) is 0 Å². The SMILES string of the molecule is CCCNC(c1cncnc1)C1CCC(C)CC1. The Balaban J connectivity index is 2.05. The second-order valence-corrected chi connectivity index (χ2v) is 5.62. The summed E-state index contributed by atoms with van der Waals surface area (Å²) in [6, 6.07) is 0.443. The summed E-state index contributed by atoms with van der Waals surface area (Å²) in [6.07, 6.45) is 12.1. The molecule has 0 spiro atoms. The van der Waals surface area contributed by atoms with Gasteiger partial charge in [-0.05, 0) is 37.6 Å². The zero-order chi connectivity index (χ0) is 12.8. The molecule has 0 radical (unpaired) electrons. The van der Waals surface area contributed by atoms with E-state index in [0.29, 0.717) is 6.04 Å². The van der Waals surface area contributed by atoms with Gasteiger partial charge in [0.1, 0.15) is 6.33 Å². The van der Waals surface area contributed by atoms with Crippen molar-refractivity contribution in [1.82, 2.24) is 15.3 Å². The van der Waals surface area contributed by atoms with E-state index >= 15 is 0 Å². The van der Waals surface area contributed by atoms with Crippen molar-refractivity contribution in [2.24, 2.45) is 11.8 Å². The molecule has 1 aliphatic rings. The maximum Gasteiger partial charge on any atom is 0.115 e. The standard InChI is InChI=1S/C15H25N3/c1-3-8-18-15(14-9-16-11-17-10-14)13-6-4-12(2)5-7-13/h9-13,15,18H,3-8H2,1-2H3. The van der Waals surface area contributed by atoms with Gasteiger partial charge in [-0.25, -0.2) is 9.97 Å². The predicted molar refractivity (Wildman–Crippen MR) is 74.2 cm³/mol. The Hall–Kier alpha value is -0.960. The first kappa shape index (κ1) is 13.5. The largest absolute Gasteiger partial charge is 0.310 e. The number of rotatable bonds is 5. The van der Waals surface area contributed by atoms with Gasteiger partial charge in [0.25, 0.3) is 0 Å². The van der Waals surface area contributed by atoms with Gasteiger partial charge in [-0.2, -0.15) is 0 Å². The van der Waals surface area contributed by atoms with Gasteiger partial charge in [0.15, 0.2) is 0 Å². The van der Waals surface area contributed by atoms with Crippen LogP contribution in [0.15, 0.2) is 18.7 Å². The summed E-state index contributed by atoms with van der Waals surface area (Å²) in [5.41, 5.74) is 1.26. The van der Waals surface area contributed by atoms with Gasteiger partial charge in [0, 0.05) is 24.0 Å². The van der Waals surface area contributed by atoms with Crippen LogP contribution in [0.4, 0.5) is 0 Å². The molecule has 1 aromatic heterocycles. The highest BCUT2D eigenvalue weighted by Gasteiger charge is 2.27. The minimum absolute atomic E-state index is 0.443. The topological polar surface area (TPSA) is 37.8 Å². The van der Waals surface area contributed by atoms with Crippen molar-refractivity contribution < 1.29 is 0 Å². The Labute approximate surface area is 110 Å². The number of nitrogens with zero attached hydrogens (tertiary/aromatic N) is 2. The second kappa shape index (κ2) is 6.83. The van der Waals surface area contributed by atoms with Crippen molar-refractivity contribution in [3.8, 4) is 0 Å². The average molecular weight is 247 g/mol. The van der Waals surface area contributed by atoms with Crippen LogP contribution in [0.5, 0.6) is 0 Å². The Bertz CT molecular complexity index is 331. The normalized spacial score (nSPS) is 25.9. The third-order valence-corrected chi connectivity index (χ3v) is 4.09. The molecule has 1 saturated carbocycles. The fraction of sp³-hybridized carbons (Fsp3) is 0.733. The number of hydrogen-bond acceptors (Lipinski definition) is 3. The van der Waals surface area contributed by atoms with Crippen LogP contribution in [-0.4, -0.2) is 16.5 Å².